The molecular formula is C8H11ClO2. The Balaban J connectivity index is 4.12. The molecule has 0 aromatic rings. The van der Waals surface area contributed by atoms with Crippen LogP contribution in [0, 0.1) is 0 Å². The summed E-state index contributed by atoms with van der Waals surface area (Å²) >= 11 is 5.44. The van der Waals surface area contributed by atoms with Gasteiger partial charge in [-0.3, -0.25) is 0 Å². The van der Waals surface area contributed by atoms with Crippen molar-refractivity contribution in [3.05, 3.63) is 23.3 Å². The molecule has 0 N–H and O–H groups in total. The van der Waals surface area contributed by atoms with E-state index in [1.165, 1.54) is 6.08 Å². The summed E-state index contributed by atoms with van der Waals surface area (Å²) in [5.74, 6) is -0.352. The number of hydrogen-bond donors (Lipinski definition) is 0. The van der Waals surface area contributed by atoms with Gasteiger partial charge in [0.25, 0.3) is 0 Å². The number of ether oxygens (including phenoxy) is 1. The van der Waals surface area contributed by atoms with E-state index in [4.69, 9.17) is 16.3 Å². The second kappa shape index (κ2) is 4.97. The van der Waals surface area contributed by atoms with Gasteiger partial charge in [-0.1, -0.05) is 18.2 Å². The Morgan fingerprint density at radius 3 is 2.64 bits per heavy atom. The number of allylic oxidation sites excluding steroid dienone is 2. The lowest BCUT2D eigenvalue weighted by Gasteiger charge is -1.99. The molecule has 3 heteroatoms. The number of carbonyl (C=O) groups excluding carboxylic acids is 1. The van der Waals surface area contributed by atoms with Crippen molar-refractivity contribution in [1.82, 2.24) is 0 Å². The monoisotopic (exact) mass is 174 g/mol. The van der Waals surface area contributed by atoms with Gasteiger partial charge in [-0.2, -0.15) is 0 Å². The minimum absolute atomic E-state index is 0.329. The average Bonchev–Trinajstić information content (AvgIpc) is 1.86. The van der Waals surface area contributed by atoms with Crippen molar-refractivity contribution < 1.29 is 9.53 Å². The zero-order chi connectivity index (χ0) is 8.85. The summed E-state index contributed by atoms with van der Waals surface area (Å²) in [4.78, 5) is 10.9. The summed E-state index contributed by atoms with van der Waals surface area (Å²) in [6, 6.07) is 0. The van der Waals surface area contributed by atoms with Gasteiger partial charge in [-0.05, 0) is 19.9 Å². The van der Waals surface area contributed by atoms with Crippen LogP contribution in [0.2, 0.25) is 0 Å². The van der Waals surface area contributed by atoms with Crippen LogP contribution in [0.3, 0.4) is 0 Å². The standard InChI is InChI=1S/C8H11ClO2/c1-4-11-8(10)6(2)5-7(3)9/h5H,3-4H2,1-2H3. The smallest absolute Gasteiger partial charge is 0.333 e. The first-order valence-electron chi connectivity index (χ1n) is 3.27. The van der Waals surface area contributed by atoms with Gasteiger partial charge in [-0.25, -0.2) is 4.79 Å². The third kappa shape index (κ3) is 4.62. The van der Waals surface area contributed by atoms with Crippen LogP contribution in [-0.2, 0) is 9.53 Å². The highest BCUT2D eigenvalue weighted by atomic mass is 35.5. The summed E-state index contributed by atoms with van der Waals surface area (Å²) in [5.41, 5.74) is 0.465. The molecule has 0 saturated carbocycles. The fourth-order valence-electron chi connectivity index (χ4n) is 0.539. The molecule has 0 bridgehead atoms. The van der Waals surface area contributed by atoms with Crippen molar-refractivity contribution in [2.45, 2.75) is 13.8 Å². The molecule has 0 aromatic carbocycles. The Morgan fingerprint density at radius 1 is 1.73 bits per heavy atom. The van der Waals surface area contributed by atoms with E-state index in [1.54, 1.807) is 13.8 Å². The molecule has 62 valence electrons. The van der Waals surface area contributed by atoms with Crippen LogP contribution in [0.4, 0.5) is 0 Å². The summed E-state index contributed by atoms with van der Waals surface area (Å²) in [6.45, 7) is 7.17. The van der Waals surface area contributed by atoms with E-state index in [0.29, 0.717) is 17.2 Å². The van der Waals surface area contributed by atoms with Gasteiger partial charge >= 0.3 is 5.97 Å². The molecule has 0 aliphatic rings. The second-order valence-electron chi connectivity index (χ2n) is 1.99. The van der Waals surface area contributed by atoms with Gasteiger partial charge in [0.05, 0.1) is 6.61 Å². The first kappa shape index (κ1) is 10.2. The highest BCUT2D eigenvalue weighted by molar-refractivity contribution is 6.31. The molecule has 0 fully saturated rings. The maximum Gasteiger partial charge on any atom is 0.333 e. The van der Waals surface area contributed by atoms with Crippen molar-refractivity contribution in [2.24, 2.45) is 0 Å². The Bertz CT molecular complexity index is 194. The summed E-state index contributed by atoms with van der Waals surface area (Å²) in [6.07, 6.45) is 1.47. The van der Waals surface area contributed by atoms with Crippen molar-refractivity contribution in [3.8, 4) is 0 Å². The molecule has 0 amide bonds. The Kier molecular flexibility index (Phi) is 4.62. The first-order chi connectivity index (χ1) is 5.07. The highest BCUT2D eigenvalue weighted by Gasteiger charge is 2.02. The lowest BCUT2D eigenvalue weighted by molar-refractivity contribution is -0.138. The fourth-order valence-corrected chi connectivity index (χ4v) is 0.702. The van der Waals surface area contributed by atoms with E-state index in [0.717, 1.165) is 0 Å². The minimum Gasteiger partial charge on any atom is -0.463 e. The lowest BCUT2D eigenvalue weighted by Crippen LogP contribution is -2.04. The maximum atomic E-state index is 10.9. The lowest BCUT2D eigenvalue weighted by atomic mass is 10.3. The fraction of sp³-hybridized carbons (Fsp3) is 0.375. The molecule has 0 aliphatic heterocycles. The third-order valence-electron chi connectivity index (χ3n) is 0.971. The molecule has 0 aliphatic carbocycles. The summed E-state index contributed by atoms with van der Waals surface area (Å²) in [7, 11) is 0. The van der Waals surface area contributed by atoms with Gasteiger partial charge in [0.2, 0.25) is 0 Å². The molecule has 0 unspecified atom stereocenters. The Morgan fingerprint density at radius 2 is 2.27 bits per heavy atom. The van der Waals surface area contributed by atoms with Crippen LogP contribution >= 0.6 is 11.6 Å². The van der Waals surface area contributed by atoms with Gasteiger partial charge in [0, 0.05) is 10.6 Å². The van der Waals surface area contributed by atoms with Gasteiger partial charge < -0.3 is 4.74 Å². The van der Waals surface area contributed by atoms with Crippen LogP contribution in [0.5, 0.6) is 0 Å². The predicted octanol–water partition coefficient (Wildman–Crippen LogP) is 2.25. The van der Waals surface area contributed by atoms with Crippen LogP contribution in [0.25, 0.3) is 0 Å². The van der Waals surface area contributed by atoms with Crippen LogP contribution < -0.4 is 0 Å². The van der Waals surface area contributed by atoms with E-state index in [2.05, 4.69) is 6.58 Å². The summed E-state index contributed by atoms with van der Waals surface area (Å²) < 4.78 is 4.70. The Hall–Kier alpha value is -0.760. The number of rotatable bonds is 3. The van der Waals surface area contributed by atoms with E-state index in [-0.39, 0.29) is 5.97 Å². The van der Waals surface area contributed by atoms with Crippen LogP contribution in [0.1, 0.15) is 13.8 Å². The van der Waals surface area contributed by atoms with Crippen molar-refractivity contribution in [1.29, 1.82) is 0 Å². The average molecular weight is 175 g/mol. The molecule has 0 heterocycles. The van der Waals surface area contributed by atoms with Crippen LogP contribution in [0.15, 0.2) is 23.3 Å². The van der Waals surface area contributed by atoms with E-state index in [1.807, 2.05) is 0 Å². The van der Waals surface area contributed by atoms with Crippen molar-refractivity contribution in [3.63, 3.8) is 0 Å². The van der Waals surface area contributed by atoms with Crippen LogP contribution in [-0.4, -0.2) is 12.6 Å². The largest absolute Gasteiger partial charge is 0.463 e. The van der Waals surface area contributed by atoms with Crippen molar-refractivity contribution in [2.75, 3.05) is 6.61 Å². The van der Waals surface area contributed by atoms with Crippen molar-refractivity contribution >= 4 is 17.6 Å². The second-order valence-corrected chi connectivity index (χ2v) is 2.48. The summed E-state index contributed by atoms with van der Waals surface area (Å²) in [5, 5.41) is 0.329. The molecule has 11 heavy (non-hydrogen) atoms. The quantitative estimate of drug-likeness (QED) is 0.373. The maximum absolute atomic E-state index is 10.9. The predicted molar refractivity (Wildman–Crippen MR) is 45.4 cm³/mol. The van der Waals surface area contributed by atoms with Gasteiger partial charge in [0.1, 0.15) is 0 Å². The molecule has 0 atom stereocenters. The number of esters is 1. The zero-order valence-electron chi connectivity index (χ0n) is 6.69. The topological polar surface area (TPSA) is 26.3 Å². The molecule has 2 nitrogen and oxygen atoms in total. The SMILES string of the molecule is C=C(Cl)C=C(C)C(=O)OCC. The van der Waals surface area contributed by atoms with E-state index >= 15 is 0 Å². The van der Waals surface area contributed by atoms with Gasteiger partial charge in [-0.15, -0.1) is 0 Å². The number of carbonyl (C=O) groups is 1. The van der Waals surface area contributed by atoms with E-state index in [9.17, 15) is 4.79 Å². The van der Waals surface area contributed by atoms with Gasteiger partial charge in [0.15, 0.2) is 0 Å². The third-order valence-corrected chi connectivity index (χ3v) is 1.08. The number of halogens is 1. The molecule has 0 rings (SSSR count). The molecule has 0 saturated heterocycles. The minimum atomic E-state index is -0.352. The Labute approximate surface area is 71.5 Å². The molecule has 0 radical (unpaired) electrons. The molecular weight excluding hydrogens is 164 g/mol. The zero-order valence-corrected chi connectivity index (χ0v) is 7.44. The van der Waals surface area contributed by atoms with E-state index < -0.39 is 0 Å². The normalized spacial score (nSPS) is 11.0. The highest BCUT2D eigenvalue weighted by Crippen LogP contribution is 2.05. The number of hydrogen-bond acceptors (Lipinski definition) is 2. The molecule has 0 aromatic heterocycles. The first-order valence-corrected chi connectivity index (χ1v) is 3.65. The molecule has 0 spiro atoms.